The zero-order valence-electron chi connectivity index (χ0n) is 10.7. The first-order valence-electron chi connectivity index (χ1n) is 6.59. The zero-order valence-corrected chi connectivity index (χ0v) is 10.7. The molecule has 0 heterocycles. The highest BCUT2D eigenvalue weighted by atomic mass is 16.5. The average Bonchev–Trinajstić information content (AvgIpc) is 2.35. The Kier molecular flexibility index (Phi) is 14.5. The van der Waals surface area contributed by atoms with Crippen molar-refractivity contribution in [3.8, 4) is 0 Å². The number of ether oxygens (including phenoxy) is 1. The molecule has 0 spiro atoms. The van der Waals surface area contributed by atoms with Gasteiger partial charge in [0.2, 0.25) is 0 Å². The van der Waals surface area contributed by atoms with Crippen LogP contribution in [0.1, 0.15) is 51.4 Å². The van der Waals surface area contributed by atoms with Crippen molar-refractivity contribution in [2.45, 2.75) is 51.4 Å². The van der Waals surface area contributed by atoms with Gasteiger partial charge in [-0.2, -0.15) is 0 Å². The molecule has 0 amide bonds. The number of unbranched alkanes of at least 4 members (excludes halogenated alkanes) is 6. The summed E-state index contributed by atoms with van der Waals surface area (Å²) in [6, 6.07) is 0. The fraction of sp³-hybridized carbons (Fsp3) is 0.714. The van der Waals surface area contributed by atoms with Crippen LogP contribution in [0.15, 0.2) is 24.7 Å². The summed E-state index contributed by atoms with van der Waals surface area (Å²) in [5.41, 5.74) is 0. The van der Waals surface area contributed by atoms with Crippen LogP contribution in [0.25, 0.3) is 0 Å². The molecule has 0 aromatic heterocycles. The van der Waals surface area contributed by atoms with Crippen LogP contribution >= 0.6 is 0 Å². The third-order valence-corrected chi connectivity index (χ3v) is 2.41. The van der Waals surface area contributed by atoms with Gasteiger partial charge in [-0.25, -0.2) is 0 Å². The van der Waals surface area contributed by atoms with Gasteiger partial charge < -0.3 is 14.9 Å². The Morgan fingerprint density at radius 3 is 1.53 bits per heavy atom. The SMILES string of the molecule is OCCCCCC=COC=CCCCCCO. The number of rotatable bonds is 12. The van der Waals surface area contributed by atoms with Gasteiger partial charge in [0, 0.05) is 13.2 Å². The van der Waals surface area contributed by atoms with Crippen LogP contribution in [-0.4, -0.2) is 23.4 Å². The van der Waals surface area contributed by atoms with Crippen molar-refractivity contribution in [1.82, 2.24) is 0 Å². The largest absolute Gasteiger partial charge is 0.473 e. The van der Waals surface area contributed by atoms with E-state index in [0.29, 0.717) is 13.2 Å². The lowest BCUT2D eigenvalue weighted by Crippen LogP contribution is -1.82. The van der Waals surface area contributed by atoms with E-state index in [9.17, 15) is 0 Å². The molecule has 0 aliphatic carbocycles. The van der Waals surface area contributed by atoms with Crippen LogP contribution in [0.5, 0.6) is 0 Å². The lowest BCUT2D eigenvalue weighted by atomic mass is 10.2. The summed E-state index contributed by atoms with van der Waals surface area (Å²) in [6.45, 7) is 0.582. The fourth-order valence-corrected chi connectivity index (χ4v) is 1.39. The van der Waals surface area contributed by atoms with Gasteiger partial charge in [-0.15, -0.1) is 0 Å². The number of hydrogen-bond acceptors (Lipinski definition) is 3. The van der Waals surface area contributed by atoms with E-state index in [4.69, 9.17) is 14.9 Å². The third-order valence-electron chi connectivity index (χ3n) is 2.41. The van der Waals surface area contributed by atoms with Gasteiger partial charge in [0.1, 0.15) is 0 Å². The van der Waals surface area contributed by atoms with Gasteiger partial charge in [0.05, 0.1) is 12.5 Å². The second kappa shape index (κ2) is 15.2. The molecular formula is C14H26O3. The minimum Gasteiger partial charge on any atom is -0.473 e. The summed E-state index contributed by atoms with van der Waals surface area (Å²) in [7, 11) is 0. The van der Waals surface area contributed by atoms with E-state index in [1.165, 1.54) is 0 Å². The van der Waals surface area contributed by atoms with Crippen molar-refractivity contribution in [2.24, 2.45) is 0 Å². The molecule has 0 radical (unpaired) electrons. The highest BCUT2D eigenvalue weighted by Crippen LogP contribution is 2.01. The standard InChI is InChI=1S/C14H26O3/c15-11-7-3-1-5-9-13-17-14-10-6-2-4-8-12-16/h9-10,13-16H,1-8,11-12H2. The summed E-state index contributed by atoms with van der Waals surface area (Å²) in [5.74, 6) is 0. The highest BCUT2D eigenvalue weighted by molar-refractivity contribution is 4.79. The lowest BCUT2D eigenvalue weighted by molar-refractivity contribution is 0.283. The van der Waals surface area contributed by atoms with Gasteiger partial charge in [-0.1, -0.05) is 12.8 Å². The molecule has 0 saturated heterocycles. The molecule has 100 valence electrons. The Morgan fingerprint density at radius 2 is 1.12 bits per heavy atom. The van der Waals surface area contributed by atoms with Crippen LogP contribution in [0.3, 0.4) is 0 Å². The van der Waals surface area contributed by atoms with Crippen molar-refractivity contribution in [3.63, 3.8) is 0 Å². The first kappa shape index (κ1) is 16.2. The van der Waals surface area contributed by atoms with E-state index in [-0.39, 0.29) is 0 Å². The predicted molar refractivity (Wildman–Crippen MR) is 70.5 cm³/mol. The van der Waals surface area contributed by atoms with Crippen molar-refractivity contribution in [2.75, 3.05) is 13.2 Å². The highest BCUT2D eigenvalue weighted by Gasteiger charge is 1.85. The Labute approximate surface area is 105 Å². The van der Waals surface area contributed by atoms with Gasteiger partial charge in [-0.05, 0) is 50.7 Å². The maximum atomic E-state index is 8.58. The van der Waals surface area contributed by atoms with Gasteiger partial charge in [0.25, 0.3) is 0 Å². The Balaban J connectivity index is 3.14. The van der Waals surface area contributed by atoms with E-state index in [1.54, 1.807) is 12.5 Å². The molecule has 0 aromatic carbocycles. The van der Waals surface area contributed by atoms with Crippen LogP contribution in [0.4, 0.5) is 0 Å². The zero-order chi connectivity index (χ0) is 12.6. The minimum atomic E-state index is 0.291. The van der Waals surface area contributed by atoms with Crippen molar-refractivity contribution in [1.29, 1.82) is 0 Å². The van der Waals surface area contributed by atoms with E-state index in [0.717, 1.165) is 51.4 Å². The molecule has 3 nitrogen and oxygen atoms in total. The second-order valence-electron chi connectivity index (χ2n) is 4.03. The fourth-order valence-electron chi connectivity index (χ4n) is 1.39. The molecule has 17 heavy (non-hydrogen) atoms. The number of aliphatic hydroxyl groups is 2. The molecule has 0 aliphatic heterocycles. The molecule has 0 bridgehead atoms. The van der Waals surface area contributed by atoms with Crippen LogP contribution in [0, 0.1) is 0 Å². The number of allylic oxidation sites excluding steroid dienone is 2. The molecule has 0 aromatic rings. The summed E-state index contributed by atoms with van der Waals surface area (Å²) in [4.78, 5) is 0. The van der Waals surface area contributed by atoms with E-state index in [1.807, 2.05) is 12.2 Å². The van der Waals surface area contributed by atoms with Crippen LogP contribution in [0.2, 0.25) is 0 Å². The normalized spacial score (nSPS) is 11.6. The second-order valence-corrected chi connectivity index (χ2v) is 4.03. The average molecular weight is 242 g/mol. The summed E-state index contributed by atoms with van der Waals surface area (Å²) in [6.07, 6.45) is 15.6. The third kappa shape index (κ3) is 15.2. The molecule has 0 unspecified atom stereocenters. The first-order chi connectivity index (χ1) is 8.41. The summed E-state index contributed by atoms with van der Waals surface area (Å²) >= 11 is 0. The topological polar surface area (TPSA) is 49.7 Å². The van der Waals surface area contributed by atoms with Crippen molar-refractivity contribution < 1.29 is 14.9 Å². The summed E-state index contributed by atoms with van der Waals surface area (Å²) < 4.78 is 5.19. The smallest absolute Gasteiger partial charge is 0.0861 e. The molecule has 0 atom stereocenters. The van der Waals surface area contributed by atoms with Gasteiger partial charge >= 0.3 is 0 Å². The number of aliphatic hydroxyl groups excluding tert-OH is 2. The molecule has 0 aliphatic rings. The molecule has 0 rings (SSSR count). The van der Waals surface area contributed by atoms with Gasteiger partial charge in [0.15, 0.2) is 0 Å². The summed E-state index contributed by atoms with van der Waals surface area (Å²) in [5, 5.41) is 17.2. The Bertz CT molecular complexity index is 168. The quantitative estimate of drug-likeness (QED) is 0.408. The van der Waals surface area contributed by atoms with Crippen LogP contribution < -0.4 is 0 Å². The van der Waals surface area contributed by atoms with E-state index < -0.39 is 0 Å². The van der Waals surface area contributed by atoms with Crippen molar-refractivity contribution in [3.05, 3.63) is 24.7 Å². The van der Waals surface area contributed by atoms with Crippen molar-refractivity contribution >= 4 is 0 Å². The van der Waals surface area contributed by atoms with E-state index >= 15 is 0 Å². The monoisotopic (exact) mass is 242 g/mol. The molecule has 2 N–H and O–H groups in total. The minimum absolute atomic E-state index is 0.291. The van der Waals surface area contributed by atoms with Crippen LogP contribution in [-0.2, 0) is 4.74 Å². The maximum absolute atomic E-state index is 8.58. The molecular weight excluding hydrogens is 216 g/mol. The Morgan fingerprint density at radius 1 is 0.647 bits per heavy atom. The van der Waals surface area contributed by atoms with Gasteiger partial charge in [-0.3, -0.25) is 0 Å². The Hall–Kier alpha value is -0.800. The first-order valence-corrected chi connectivity index (χ1v) is 6.59. The number of hydrogen-bond donors (Lipinski definition) is 2. The predicted octanol–water partition coefficient (Wildman–Crippen LogP) is 3.14. The lowest BCUT2D eigenvalue weighted by Gasteiger charge is -1.95. The van der Waals surface area contributed by atoms with E-state index in [2.05, 4.69) is 0 Å². The molecule has 3 heteroatoms. The maximum Gasteiger partial charge on any atom is 0.0861 e. The molecule has 0 fully saturated rings. The molecule has 0 saturated carbocycles.